The van der Waals surface area contributed by atoms with E-state index in [2.05, 4.69) is 13.2 Å². The van der Waals surface area contributed by atoms with Crippen molar-refractivity contribution in [3.63, 3.8) is 0 Å². The van der Waals surface area contributed by atoms with E-state index in [1.54, 1.807) is 60.7 Å². The van der Waals surface area contributed by atoms with E-state index >= 15 is 0 Å². The molecule has 0 saturated heterocycles. The molecule has 0 aromatic heterocycles. The molecule has 0 heterocycles. The minimum absolute atomic E-state index is 0.266. The largest absolute Gasteiger partial charge is 0.460 e. The lowest BCUT2D eigenvalue weighted by molar-refractivity contribution is 0.295. The van der Waals surface area contributed by atoms with Gasteiger partial charge in [0.25, 0.3) is 0 Å². The topological polar surface area (TPSA) is 38.7 Å². The van der Waals surface area contributed by atoms with E-state index in [4.69, 9.17) is 9.05 Å². The third kappa shape index (κ3) is 6.02. The van der Waals surface area contributed by atoms with E-state index in [9.17, 15) is 13.7 Å². The molecular weight excluding hydrogens is 501 g/mol. The molecule has 2 aromatic carbocycles. The zero-order chi connectivity index (χ0) is 27.2. The van der Waals surface area contributed by atoms with Gasteiger partial charge in [0, 0.05) is 22.3 Å². The Balaban J connectivity index is 1.74. The first-order chi connectivity index (χ1) is 18.3. The zero-order valence-electron chi connectivity index (χ0n) is 21.4. The van der Waals surface area contributed by atoms with Crippen LogP contribution in [0.4, 0.5) is 8.78 Å². The molecule has 0 aliphatic heterocycles. The number of allylic oxidation sites excluding steroid dienone is 8. The Morgan fingerprint density at radius 1 is 0.763 bits per heavy atom. The fraction of sp³-hybridized carbons (Fsp3) is 0.125. The Labute approximate surface area is 223 Å². The van der Waals surface area contributed by atoms with Crippen LogP contribution < -0.4 is 0 Å². The lowest BCUT2D eigenvalue weighted by atomic mass is 10.0. The number of halogens is 2. The van der Waals surface area contributed by atoms with Gasteiger partial charge in [-0.1, -0.05) is 85.0 Å². The Kier molecular flexibility index (Phi) is 8.73. The van der Waals surface area contributed by atoms with Crippen LogP contribution >= 0.6 is 8.60 Å². The number of fused-ring (bicyclic) bond motifs is 2. The van der Waals surface area contributed by atoms with Gasteiger partial charge >= 0.3 is 8.60 Å². The molecule has 0 spiro atoms. The Morgan fingerprint density at radius 3 is 1.58 bits per heavy atom. The minimum Gasteiger partial charge on any atom is -0.417 e. The lowest BCUT2D eigenvalue weighted by Gasteiger charge is -2.19. The van der Waals surface area contributed by atoms with Crippen molar-refractivity contribution in [1.29, 1.82) is 0 Å². The molecule has 194 valence electrons. The minimum atomic E-state index is -2.54. The number of hydrogen-bond acceptors (Lipinski definition) is 3. The Morgan fingerprint density at radius 2 is 1.18 bits per heavy atom. The molecule has 0 saturated carbocycles. The highest BCUT2D eigenvalue weighted by molar-refractivity contribution is 7.40. The maximum Gasteiger partial charge on any atom is 0.460 e. The number of hydrogen-bond donors (Lipinski definition) is 1. The molecule has 0 fully saturated rings. The molecule has 0 radical (unpaired) electrons. The summed E-state index contributed by atoms with van der Waals surface area (Å²) in [7, 11) is -2.54. The summed E-state index contributed by atoms with van der Waals surface area (Å²) in [6, 6.07) is 9.85. The second kappa shape index (κ2) is 12.2. The second-order valence-corrected chi connectivity index (χ2v) is 9.83. The van der Waals surface area contributed by atoms with Crippen LogP contribution in [-0.2, 0) is 21.9 Å². The predicted molar refractivity (Wildman–Crippen MR) is 152 cm³/mol. The van der Waals surface area contributed by atoms with Gasteiger partial charge in [-0.15, -0.1) is 0 Å². The second-order valence-electron chi connectivity index (χ2n) is 8.99. The van der Waals surface area contributed by atoms with Gasteiger partial charge in [0.05, 0.1) is 0 Å². The van der Waals surface area contributed by atoms with Crippen LogP contribution in [0.25, 0.3) is 12.2 Å². The molecule has 2 aliphatic rings. The van der Waals surface area contributed by atoms with Gasteiger partial charge in [-0.25, -0.2) is 8.78 Å². The van der Waals surface area contributed by atoms with Crippen molar-refractivity contribution >= 4 is 20.8 Å². The smallest absolute Gasteiger partial charge is 0.417 e. The first-order valence-electron chi connectivity index (χ1n) is 12.1. The van der Waals surface area contributed by atoms with Gasteiger partial charge in [-0.2, -0.15) is 0 Å². The van der Waals surface area contributed by atoms with Gasteiger partial charge < -0.3 is 13.9 Å². The first-order valence-corrected chi connectivity index (χ1v) is 13.3. The summed E-state index contributed by atoms with van der Waals surface area (Å²) in [6.45, 7) is 11.3. The van der Waals surface area contributed by atoms with Crippen molar-refractivity contribution in [1.82, 2.24) is 0 Å². The maximum absolute atomic E-state index is 14.8. The Hall–Kier alpha value is -3.79. The maximum atomic E-state index is 14.8. The summed E-state index contributed by atoms with van der Waals surface area (Å²) in [5.74, 6) is -0.240. The van der Waals surface area contributed by atoms with Crippen molar-refractivity contribution in [2.45, 2.75) is 26.7 Å². The third-order valence-electron chi connectivity index (χ3n) is 6.35. The summed E-state index contributed by atoms with van der Waals surface area (Å²) in [4.78, 5) is 11.0. The normalized spacial score (nSPS) is 15.6. The van der Waals surface area contributed by atoms with E-state index in [1.165, 1.54) is 12.1 Å². The summed E-state index contributed by atoms with van der Waals surface area (Å²) in [6.07, 6.45) is 14.5. The van der Waals surface area contributed by atoms with E-state index in [-0.39, 0.29) is 23.2 Å². The van der Waals surface area contributed by atoms with Crippen LogP contribution in [0.2, 0.25) is 0 Å². The van der Waals surface area contributed by atoms with Crippen LogP contribution in [0.15, 0.2) is 120 Å². The third-order valence-corrected chi connectivity index (χ3v) is 7.06. The van der Waals surface area contributed by atoms with Gasteiger partial charge in [-0.05, 0) is 62.1 Å². The fourth-order valence-electron chi connectivity index (χ4n) is 4.51. The quantitative estimate of drug-likeness (QED) is 0.274. The highest BCUT2D eigenvalue weighted by Gasteiger charge is 2.25. The van der Waals surface area contributed by atoms with Crippen LogP contribution in [0.1, 0.15) is 36.1 Å². The SMILES string of the molecule is C=C/C=C\C1=C(C)Cc2cccc(F)c2C=C1OP(O)OC1=Cc2c(F)cccc2CC(C)=C1/C=C\C=C. The van der Waals surface area contributed by atoms with Gasteiger partial charge in [0.15, 0.2) is 0 Å². The highest BCUT2D eigenvalue weighted by Crippen LogP contribution is 2.46. The van der Waals surface area contributed by atoms with Crippen LogP contribution in [0, 0.1) is 11.6 Å². The van der Waals surface area contributed by atoms with E-state index in [1.807, 2.05) is 26.0 Å². The summed E-state index contributed by atoms with van der Waals surface area (Å²) >= 11 is 0. The van der Waals surface area contributed by atoms with Gasteiger partial charge in [0.2, 0.25) is 0 Å². The number of benzene rings is 2. The molecular formula is C32H29F2O3P. The zero-order valence-corrected chi connectivity index (χ0v) is 22.3. The van der Waals surface area contributed by atoms with Crippen LogP contribution in [0.5, 0.6) is 0 Å². The molecule has 0 unspecified atom stereocenters. The van der Waals surface area contributed by atoms with Gasteiger partial charge in [0.1, 0.15) is 23.2 Å². The van der Waals surface area contributed by atoms with Gasteiger partial charge in [-0.3, -0.25) is 0 Å². The average Bonchev–Trinajstić information content (AvgIpc) is 3.09. The molecule has 6 heteroatoms. The number of rotatable bonds is 8. The van der Waals surface area contributed by atoms with E-state index in [0.717, 1.165) is 22.3 Å². The molecule has 1 N–H and O–H groups in total. The molecule has 4 rings (SSSR count). The predicted octanol–water partition coefficient (Wildman–Crippen LogP) is 8.83. The van der Waals surface area contributed by atoms with E-state index < -0.39 is 8.60 Å². The summed E-state index contributed by atoms with van der Waals surface area (Å²) < 4.78 is 41.5. The van der Waals surface area contributed by atoms with E-state index in [0.29, 0.717) is 35.1 Å². The van der Waals surface area contributed by atoms with Crippen molar-refractivity contribution in [3.8, 4) is 0 Å². The average molecular weight is 531 g/mol. The van der Waals surface area contributed by atoms with Crippen molar-refractivity contribution in [2.24, 2.45) is 0 Å². The van der Waals surface area contributed by atoms with Crippen LogP contribution in [-0.4, -0.2) is 4.89 Å². The van der Waals surface area contributed by atoms with Crippen molar-refractivity contribution in [3.05, 3.63) is 154 Å². The highest BCUT2D eigenvalue weighted by atomic mass is 31.2. The fourth-order valence-corrected chi connectivity index (χ4v) is 5.19. The summed E-state index contributed by atoms with van der Waals surface area (Å²) in [5.41, 5.74) is 5.63. The molecule has 0 amide bonds. The monoisotopic (exact) mass is 530 g/mol. The first kappa shape index (κ1) is 27.3. The summed E-state index contributed by atoms with van der Waals surface area (Å²) in [5, 5.41) is 0. The Bertz CT molecular complexity index is 1350. The van der Waals surface area contributed by atoms with Crippen LogP contribution in [0.3, 0.4) is 0 Å². The molecule has 38 heavy (non-hydrogen) atoms. The molecule has 0 atom stereocenters. The van der Waals surface area contributed by atoms with Crippen molar-refractivity contribution < 1.29 is 22.7 Å². The molecule has 2 aliphatic carbocycles. The lowest BCUT2D eigenvalue weighted by Crippen LogP contribution is -1.99. The standard InChI is InChI=1S/C32H29F2O3P/c1-5-7-13-25-21(3)17-23-11-9-15-29(33)27(23)19-31(25)36-38(35)37-32-20-28-24(12-10-16-30(28)34)18-22(4)26(32)14-8-6-2/h5-16,19-20,35H,1-2,17-18H2,3-4H3/b13-7-,14-8-. The molecule has 2 aromatic rings. The molecule has 3 nitrogen and oxygen atoms in total. The molecule has 0 bridgehead atoms. The van der Waals surface area contributed by atoms with Crippen molar-refractivity contribution in [2.75, 3.05) is 0 Å².